The monoisotopic (exact) mass is 510 g/mol. The summed E-state index contributed by atoms with van der Waals surface area (Å²) in [6.07, 6.45) is 4.31. The minimum atomic E-state index is -4.62. The molecule has 38 heavy (non-hydrogen) atoms. The first-order valence-corrected chi connectivity index (χ1v) is 11.3. The van der Waals surface area contributed by atoms with Crippen molar-refractivity contribution in [1.82, 2.24) is 23.9 Å². The highest BCUT2D eigenvalue weighted by Gasteiger charge is 2.31. The maximum atomic E-state index is 13.6. The van der Waals surface area contributed by atoms with E-state index in [1.807, 2.05) is 13.0 Å². The Morgan fingerprint density at radius 2 is 1.92 bits per heavy atom. The molecule has 2 aromatic carbocycles. The molecule has 3 heterocycles. The Bertz CT molecular complexity index is 1800. The fraction of sp³-hybridized carbons (Fsp3) is 0.107. The van der Waals surface area contributed by atoms with Crippen LogP contribution in [0.15, 0.2) is 73.7 Å². The van der Waals surface area contributed by atoms with Crippen LogP contribution in [0.1, 0.15) is 44.0 Å². The first-order valence-electron chi connectivity index (χ1n) is 11.3. The number of nitrogens with zero attached hydrogens (tertiary/aromatic N) is 6. The number of fused-ring (bicyclic) bond motifs is 1. The number of carbonyl (C=O) groups is 1. The van der Waals surface area contributed by atoms with E-state index in [4.69, 9.17) is 5.26 Å². The number of nitriles is 1. The largest absolute Gasteiger partial charge is 0.416 e. The van der Waals surface area contributed by atoms with E-state index in [9.17, 15) is 18.0 Å². The molecule has 0 atom stereocenters. The van der Waals surface area contributed by atoms with Crippen molar-refractivity contribution in [3.63, 3.8) is 0 Å². The molecule has 0 amide bonds. The van der Waals surface area contributed by atoms with Gasteiger partial charge in [-0.05, 0) is 48.2 Å². The molecule has 0 aliphatic heterocycles. The summed E-state index contributed by atoms with van der Waals surface area (Å²) < 4.78 is 43.9. The van der Waals surface area contributed by atoms with E-state index in [0.29, 0.717) is 22.5 Å². The average molecular weight is 510 g/mol. The maximum absolute atomic E-state index is 13.6. The number of hydrogen-bond donors (Lipinski definition) is 0. The third-order valence-electron chi connectivity index (χ3n) is 5.87. The first kappa shape index (κ1) is 24.5. The van der Waals surface area contributed by atoms with Crippen LogP contribution in [-0.2, 0) is 12.6 Å². The molecular formula is C28H17F3N6O. The predicted molar refractivity (Wildman–Crippen MR) is 131 cm³/mol. The van der Waals surface area contributed by atoms with Gasteiger partial charge in [-0.25, -0.2) is 9.97 Å². The topological polar surface area (TPSA) is 88.9 Å². The first-order chi connectivity index (χ1) is 18.2. The summed E-state index contributed by atoms with van der Waals surface area (Å²) in [5.41, 5.74) is 2.58. The van der Waals surface area contributed by atoms with E-state index in [2.05, 4.69) is 26.8 Å². The molecule has 0 fully saturated rings. The van der Waals surface area contributed by atoms with E-state index in [-0.39, 0.29) is 29.1 Å². The van der Waals surface area contributed by atoms with Crippen molar-refractivity contribution in [3.8, 4) is 23.6 Å². The van der Waals surface area contributed by atoms with Crippen LogP contribution < -0.4 is 0 Å². The van der Waals surface area contributed by atoms with Crippen molar-refractivity contribution in [1.29, 1.82) is 5.26 Å². The summed E-state index contributed by atoms with van der Waals surface area (Å²) in [5.74, 6) is 5.76. The Morgan fingerprint density at radius 1 is 1.08 bits per heavy atom. The highest BCUT2D eigenvalue weighted by atomic mass is 19.4. The molecule has 0 aliphatic rings. The van der Waals surface area contributed by atoms with Gasteiger partial charge in [-0.15, -0.1) is 0 Å². The number of ketones is 1. The summed E-state index contributed by atoms with van der Waals surface area (Å²) in [6, 6.07) is 10.2. The van der Waals surface area contributed by atoms with Crippen LogP contribution in [-0.4, -0.2) is 29.7 Å². The summed E-state index contributed by atoms with van der Waals surface area (Å²) in [6.45, 7) is 1.86. The molecule has 0 aliphatic carbocycles. The lowest BCUT2D eigenvalue weighted by atomic mass is 9.97. The number of aromatic nitrogens is 5. The number of rotatable bonds is 4. The number of Topliss-reactive ketones (excluding diaryl/α,β-unsaturated/α-hetero) is 1. The quantitative estimate of drug-likeness (QED) is 0.253. The lowest BCUT2D eigenvalue weighted by Crippen LogP contribution is -2.10. The third-order valence-corrected chi connectivity index (χ3v) is 5.87. The van der Waals surface area contributed by atoms with E-state index >= 15 is 0 Å². The number of imidazole rings is 2. The third kappa shape index (κ3) is 5.01. The Hall–Kier alpha value is -5.22. The van der Waals surface area contributed by atoms with Gasteiger partial charge in [0.1, 0.15) is 18.1 Å². The summed E-state index contributed by atoms with van der Waals surface area (Å²) >= 11 is 0. The lowest BCUT2D eigenvalue weighted by molar-refractivity contribution is -0.137. The molecule has 0 bridgehead atoms. The van der Waals surface area contributed by atoms with Crippen LogP contribution in [0.25, 0.3) is 11.3 Å². The molecular weight excluding hydrogens is 493 g/mol. The van der Waals surface area contributed by atoms with Gasteiger partial charge in [0.2, 0.25) is 0 Å². The van der Waals surface area contributed by atoms with Gasteiger partial charge in [-0.2, -0.15) is 18.4 Å². The predicted octanol–water partition coefficient (Wildman–Crippen LogP) is 4.94. The minimum Gasteiger partial charge on any atom is -0.305 e. The number of alkyl halides is 3. The van der Waals surface area contributed by atoms with Crippen molar-refractivity contribution >= 4 is 11.4 Å². The standard InChI is InChI=1S/C28H17F3N6O/c1-18-2-3-21(11-20(18)4-5-24-14-34-27-15-33-6-7-37(24)27)26(38)10-19-8-22(28(29,30)31)12-25(9-19)36-16-23(13-32)35-17-36/h2-3,6-9,11-12,14-17H,10H2,1H3. The Morgan fingerprint density at radius 3 is 2.68 bits per heavy atom. The number of halogens is 3. The fourth-order valence-electron chi connectivity index (χ4n) is 3.89. The Labute approximate surface area is 214 Å². The van der Waals surface area contributed by atoms with Crippen LogP contribution >= 0.6 is 0 Å². The van der Waals surface area contributed by atoms with E-state index < -0.39 is 11.7 Å². The van der Waals surface area contributed by atoms with Crippen molar-refractivity contribution in [2.75, 3.05) is 0 Å². The number of aryl methyl sites for hydroxylation is 1. The summed E-state index contributed by atoms with van der Waals surface area (Å²) in [7, 11) is 0. The fourth-order valence-corrected chi connectivity index (χ4v) is 3.89. The molecule has 5 aromatic rings. The highest BCUT2D eigenvalue weighted by Crippen LogP contribution is 2.32. The van der Waals surface area contributed by atoms with Gasteiger partial charge in [0.15, 0.2) is 17.1 Å². The Balaban J connectivity index is 1.45. The smallest absolute Gasteiger partial charge is 0.305 e. The summed E-state index contributed by atoms with van der Waals surface area (Å²) in [5, 5.41) is 8.99. The molecule has 0 radical (unpaired) electrons. The number of benzene rings is 2. The highest BCUT2D eigenvalue weighted by molar-refractivity contribution is 5.98. The molecule has 0 N–H and O–H groups in total. The van der Waals surface area contributed by atoms with Crippen LogP contribution in [0, 0.1) is 30.1 Å². The normalized spacial score (nSPS) is 11.1. The van der Waals surface area contributed by atoms with Gasteiger partial charge in [-0.3, -0.25) is 14.2 Å². The molecule has 5 rings (SSSR count). The minimum absolute atomic E-state index is 0.0638. The second kappa shape index (κ2) is 9.68. The Kier molecular flexibility index (Phi) is 6.23. The van der Waals surface area contributed by atoms with Gasteiger partial charge < -0.3 is 4.57 Å². The molecule has 10 heteroatoms. The van der Waals surface area contributed by atoms with E-state index in [1.165, 1.54) is 23.2 Å². The molecule has 3 aromatic heterocycles. The zero-order chi connectivity index (χ0) is 26.9. The van der Waals surface area contributed by atoms with Crippen molar-refractivity contribution < 1.29 is 18.0 Å². The zero-order valence-electron chi connectivity index (χ0n) is 19.9. The summed E-state index contributed by atoms with van der Waals surface area (Å²) in [4.78, 5) is 25.2. The van der Waals surface area contributed by atoms with Crippen LogP contribution in [0.2, 0.25) is 0 Å². The SMILES string of the molecule is Cc1ccc(C(=O)Cc2cc(-n3cnc(C#N)c3)cc(C(F)(F)F)c2)cc1C#Cc1cnc2cnccn12. The average Bonchev–Trinajstić information content (AvgIpc) is 3.55. The lowest BCUT2D eigenvalue weighted by Gasteiger charge is -2.13. The molecule has 7 nitrogen and oxygen atoms in total. The maximum Gasteiger partial charge on any atom is 0.416 e. The van der Waals surface area contributed by atoms with Crippen LogP contribution in [0.3, 0.4) is 0 Å². The van der Waals surface area contributed by atoms with Gasteiger partial charge in [-0.1, -0.05) is 18.1 Å². The van der Waals surface area contributed by atoms with E-state index in [0.717, 1.165) is 17.7 Å². The van der Waals surface area contributed by atoms with Crippen LogP contribution in [0.4, 0.5) is 13.2 Å². The molecule has 186 valence electrons. The van der Waals surface area contributed by atoms with Gasteiger partial charge in [0.05, 0.1) is 18.0 Å². The number of carbonyl (C=O) groups excluding carboxylic acids is 1. The second-order valence-corrected chi connectivity index (χ2v) is 8.49. The number of hydrogen-bond acceptors (Lipinski definition) is 5. The van der Waals surface area contributed by atoms with Gasteiger partial charge in [0.25, 0.3) is 0 Å². The zero-order valence-corrected chi connectivity index (χ0v) is 19.9. The van der Waals surface area contributed by atoms with Crippen molar-refractivity contribution in [3.05, 3.63) is 113 Å². The molecule has 0 saturated heterocycles. The van der Waals surface area contributed by atoms with Gasteiger partial charge in [0, 0.05) is 41.8 Å². The molecule has 0 saturated carbocycles. The molecule has 0 spiro atoms. The second-order valence-electron chi connectivity index (χ2n) is 8.49. The van der Waals surface area contributed by atoms with Crippen molar-refractivity contribution in [2.45, 2.75) is 19.5 Å². The van der Waals surface area contributed by atoms with Crippen molar-refractivity contribution in [2.24, 2.45) is 0 Å². The molecule has 0 unspecified atom stereocenters. The van der Waals surface area contributed by atoms with Crippen LogP contribution in [0.5, 0.6) is 0 Å². The van der Waals surface area contributed by atoms with Gasteiger partial charge >= 0.3 is 6.18 Å². The van der Waals surface area contributed by atoms with E-state index in [1.54, 1.807) is 47.4 Å².